The molecule has 2 unspecified atom stereocenters. The quantitative estimate of drug-likeness (QED) is 0.0222. The number of nitrogens with two attached hydrogens (primary N) is 1. The number of unbranched alkanes of at least 4 members (excludes halogenated alkanes) is 2. The van der Waals surface area contributed by atoms with E-state index in [2.05, 4.69) is 21.3 Å². The number of benzene rings is 3. The van der Waals surface area contributed by atoms with Crippen molar-refractivity contribution in [3.05, 3.63) is 93.6 Å². The second-order valence-corrected chi connectivity index (χ2v) is 25.4. The Balaban J connectivity index is 1.00. The molecule has 0 saturated carbocycles. The van der Waals surface area contributed by atoms with E-state index in [9.17, 15) is 73.5 Å². The fraction of sp³-hybridized carbons (Fsp3) is 0.530. The molecule has 12 atom stereocenters. The van der Waals surface area contributed by atoms with Gasteiger partial charge in [-0.3, -0.25) is 48.2 Å². The lowest BCUT2D eigenvalue weighted by molar-refractivity contribution is -0.256. The van der Waals surface area contributed by atoms with Crippen molar-refractivity contribution in [3.63, 3.8) is 0 Å². The fourth-order valence-corrected chi connectivity index (χ4v) is 13.7. The number of carbonyl (C=O) groups is 11. The average molecular weight is 1350 g/mol. The molecule has 3 aromatic rings. The van der Waals surface area contributed by atoms with Crippen LogP contribution in [0.5, 0.6) is 17.2 Å². The number of aromatic hydroxyl groups is 2. The van der Waals surface area contributed by atoms with Gasteiger partial charge in [-0.15, -0.1) is 0 Å². The molecule has 3 fully saturated rings. The van der Waals surface area contributed by atoms with Crippen molar-refractivity contribution < 1.29 is 107 Å². The summed E-state index contributed by atoms with van der Waals surface area (Å²) >= 11 is 0. The smallest absolute Gasteiger partial charge is 0.407 e. The molecule has 31 heteroatoms. The fourth-order valence-electron chi connectivity index (χ4n) is 13.7. The minimum absolute atomic E-state index is 0.00608. The predicted octanol–water partition coefficient (Wildman–Crippen LogP) is 2.66. The van der Waals surface area contributed by atoms with Gasteiger partial charge in [-0.1, -0.05) is 44.5 Å². The van der Waals surface area contributed by atoms with Crippen molar-refractivity contribution in [1.82, 2.24) is 35.6 Å². The number of fused-ring (bicyclic) bond motifs is 6. The lowest BCUT2D eigenvalue weighted by Crippen LogP contribution is -2.57. The number of carbonyl (C=O) groups excluding carboxylic acids is 9. The number of phenolic OH excluding ortho intramolecular Hbond substituents is 2. The number of hydrogen-bond donors (Lipinski definition) is 10. The number of nitrogens with one attached hydrogen (secondary N) is 4. The van der Waals surface area contributed by atoms with Crippen molar-refractivity contribution in [2.45, 2.75) is 152 Å². The number of likely N-dealkylation sites (N-methyl/N-ethyl adjacent to an activating group) is 2. The zero-order chi connectivity index (χ0) is 70.5. The summed E-state index contributed by atoms with van der Waals surface area (Å²) in [5.74, 6) is -9.45. The van der Waals surface area contributed by atoms with Gasteiger partial charge in [0.15, 0.2) is 30.4 Å². The number of rotatable bonds is 28. The number of ketones is 3. The molecule has 9 rings (SSSR count). The lowest BCUT2D eigenvalue weighted by atomic mass is 9.68. The third-order valence-electron chi connectivity index (χ3n) is 18.8. The summed E-state index contributed by atoms with van der Waals surface area (Å²) in [4.78, 5) is 152. The van der Waals surface area contributed by atoms with E-state index < -0.39 is 186 Å². The third kappa shape index (κ3) is 15.5. The van der Waals surface area contributed by atoms with Crippen molar-refractivity contribution >= 4 is 70.8 Å². The lowest BCUT2D eigenvalue weighted by Gasteiger charge is -2.45. The largest absolute Gasteiger partial charge is 0.507 e. The second-order valence-electron chi connectivity index (χ2n) is 25.4. The van der Waals surface area contributed by atoms with Gasteiger partial charge in [0.05, 0.1) is 48.7 Å². The van der Waals surface area contributed by atoms with Gasteiger partial charge in [0, 0.05) is 120 Å². The van der Waals surface area contributed by atoms with Crippen LogP contribution in [0, 0.1) is 11.8 Å². The van der Waals surface area contributed by atoms with E-state index in [-0.39, 0.29) is 84.1 Å². The molecule has 4 aliphatic heterocycles. The Kier molecular flexibility index (Phi) is 22.7. The van der Waals surface area contributed by atoms with Gasteiger partial charge in [-0.25, -0.2) is 14.4 Å². The monoisotopic (exact) mass is 1350 g/mol. The molecule has 11 N–H and O–H groups in total. The van der Waals surface area contributed by atoms with Gasteiger partial charge >= 0.3 is 18.2 Å². The van der Waals surface area contributed by atoms with E-state index in [0.717, 1.165) is 28.8 Å². The van der Waals surface area contributed by atoms with E-state index in [1.165, 1.54) is 68.8 Å². The number of primary amides is 1. The summed E-state index contributed by atoms with van der Waals surface area (Å²) in [6.45, 7) is 5.42. The van der Waals surface area contributed by atoms with Crippen LogP contribution in [0.2, 0.25) is 0 Å². The molecular weight excluding hydrogens is 1270 g/mol. The van der Waals surface area contributed by atoms with E-state index in [0.29, 0.717) is 32.4 Å². The van der Waals surface area contributed by atoms with Gasteiger partial charge in [-0.2, -0.15) is 0 Å². The summed E-state index contributed by atoms with van der Waals surface area (Å²) in [6.07, 6.45) is -6.70. The minimum Gasteiger partial charge on any atom is -0.507 e. The van der Waals surface area contributed by atoms with Crippen LogP contribution in [0.4, 0.5) is 20.1 Å². The van der Waals surface area contributed by atoms with Crippen molar-refractivity contribution in [2.24, 2.45) is 17.6 Å². The van der Waals surface area contributed by atoms with Crippen LogP contribution in [0.15, 0.2) is 54.6 Å². The number of methoxy groups -OCH3 is 2. The number of hydrogen-bond acceptors (Lipinski definition) is 21. The summed E-state index contributed by atoms with van der Waals surface area (Å²) in [5, 5.41) is 69.9. The van der Waals surface area contributed by atoms with Gasteiger partial charge in [-0.05, 0) is 68.7 Å². The van der Waals surface area contributed by atoms with Crippen LogP contribution < -0.4 is 31.7 Å². The van der Waals surface area contributed by atoms with Crippen LogP contribution >= 0.6 is 0 Å². The standard InChI is InChI=1S/C66H83N9O22/c1-32(2)52(71-44(76)16-9-8-10-24-75-45(77)21-22-46(75)78)60(85)70-39(14-12-23-68-63(67)86)59(84)69-35-19-17-34(18-20-35)27-37(41(73(5)65(89)90)31-72(4)64(87)88)58(83)66(91)29-38-49(56(82)51-50(54(38)80)53(79)36-13-11-15-42(92-6)48(36)55(51)81)43(30-66)96-47-28-40-57(33(3)95-47)97-61-62(93-7)94-26-25-74(40)61/h11,13,15,17-22,32-33,37,39-41,43,47,52,57,61-62,80,82,91H,8-10,12,14,16,23-31H2,1-7H3,(H,69,84)(H,70,85)(H,71,76)(H,87,88)(H,89,90)(H3,67,68,86)/t33-,37?,39-,40-,41?,43-,47-,52-,57+,61+,62-,66-/m0/s1. The van der Waals surface area contributed by atoms with Crippen LogP contribution in [0.3, 0.4) is 0 Å². The third-order valence-corrected chi connectivity index (χ3v) is 18.8. The van der Waals surface area contributed by atoms with Crippen LogP contribution in [-0.4, -0.2) is 232 Å². The molecule has 31 nitrogen and oxygen atoms in total. The van der Waals surface area contributed by atoms with Crippen molar-refractivity contribution in [3.8, 4) is 17.2 Å². The molecule has 3 aromatic carbocycles. The van der Waals surface area contributed by atoms with E-state index in [1.54, 1.807) is 20.8 Å². The Morgan fingerprint density at radius 1 is 0.845 bits per heavy atom. The Hall–Kier alpha value is -9.11. The zero-order valence-corrected chi connectivity index (χ0v) is 54.8. The highest BCUT2D eigenvalue weighted by Crippen LogP contribution is 2.54. The maximum atomic E-state index is 16.0. The molecule has 4 heterocycles. The van der Waals surface area contributed by atoms with Gasteiger partial charge in [0.25, 0.3) is 11.8 Å². The number of ether oxygens (including phenoxy) is 6. The first-order chi connectivity index (χ1) is 46.1. The Morgan fingerprint density at radius 2 is 1.55 bits per heavy atom. The predicted molar refractivity (Wildman–Crippen MR) is 339 cm³/mol. The number of carboxylic acid groups (broad SMARTS) is 2. The molecule has 0 spiro atoms. The highest BCUT2D eigenvalue weighted by Gasteiger charge is 2.57. The maximum absolute atomic E-state index is 16.0. The molecule has 2 aliphatic carbocycles. The average Bonchev–Trinajstić information content (AvgIpc) is 1.35. The summed E-state index contributed by atoms with van der Waals surface area (Å²) in [6, 6.07) is 4.85. The number of imide groups is 1. The number of nitrogens with zero attached hydrogens (tertiary/aromatic N) is 4. The van der Waals surface area contributed by atoms with Crippen LogP contribution in [-0.2, 0) is 65.3 Å². The summed E-state index contributed by atoms with van der Waals surface area (Å²) in [7, 11) is 5.02. The Morgan fingerprint density at radius 3 is 2.20 bits per heavy atom. The van der Waals surface area contributed by atoms with Gasteiger partial charge < -0.3 is 90.8 Å². The van der Waals surface area contributed by atoms with Gasteiger partial charge in [0.1, 0.15) is 41.0 Å². The highest BCUT2D eigenvalue weighted by atomic mass is 16.7. The Bertz CT molecular complexity index is 3590. The molecule has 524 valence electrons. The Labute approximate surface area is 557 Å². The van der Waals surface area contributed by atoms with Crippen LogP contribution in [0.25, 0.3) is 0 Å². The number of aliphatic hydroxyl groups is 1. The molecule has 3 saturated heterocycles. The molecule has 0 bridgehead atoms. The number of morpholine rings is 1. The molecule has 6 aliphatic rings. The molecule has 0 radical (unpaired) electrons. The SMILES string of the molecule is COc1cccc2c1C(=O)c1c(O)c3c(c(O)c1C2=O)C[C@@](O)(C(=O)C(Cc1ccc(NC(=O)[C@H](CCCNC(N)=O)NC(=O)[C@@H](NC(=O)CCCCCN2C(=O)C=CC2=O)C(C)C)cc1)C(CN(C)C(=O)O)N(C)C(=O)O)C[C@@H]3O[C@H]1C[C@H]2[C@H](O[C@@H]3[C@@H](OC)OCCN32)[C@H](C)O1. The maximum Gasteiger partial charge on any atom is 0.407 e. The zero-order valence-electron chi connectivity index (χ0n) is 54.8. The molecule has 0 aromatic heterocycles. The number of Topliss-reactive ketones (excluding diaryl/α,β-unsaturated/α-hetero) is 1. The number of phenols is 2. The van der Waals surface area contributed by atoms with Crippen molar-refractivity contribution in [1.29, 1.82) is 0 Å². The summed E-state index contributed by atoms with van der Waals surface area (Å²) < 4.78 is 36.5. The molecule has 97 heavy (non-hydrogen) atoms. The second kappa shape index (κ2) is 30.5. The minimum atomic E-state index is -2.74. The molecule has 9 amide bonds. The van der Waals surface area contributed by atoms with Crippen molar-refractivity contribution in [2.75, 3.05) is 66.4 Å². The number of amides is 9. The summed E-state index contributed by atoms with van der Waals surface area (Å²) in [5.41, 5.74) is 0.701. The number of urea groups is 1. The first-order valence-electron chi connectivity index (χ1n) is 32.0. The molecular formula is C66H83N9O22. The van der Waals surface area contributed by atoms with Crippen LogP contribution in [0.1, 0.15) is 127 Å². The first-order valence-corrected chi connectivity index (χ1v) is 32.0. The van der Waals surface area contributed by atoms with E-state index in [4.69, 9.17) is 34.2 Å². The first kappa shape index (κ1) is 72.2. The van der Waals surface area contributed by atoms with E-state index >= 15 is 4.79 Å². The highest BCUT2D eigenvalue weighted by molar-refractivity contribution is 6.31. The van der Waals surface area contributed by atoms with E-state index in [1.807, 2.05) is 4.90 Å². The van der Waals surface area contributed by atoms with Gasteiger partial charge in [0.2, 0.25) is 23.5 Å². The number of anilines is 1. The normalized spacial score (nSPS) is 23.8. The topological polar surface area (TPSA) is 431 Å².